The minimum absolute atomic E-state index is 0.102. The third kappa shape index (κ3) is 5.31. The molecule has 25 heavy (non-hydrogen) atoms. The number of aromatic nitrogens is 1. The number of rotatable bonds is 7. The topological polar surface area (TPSA) is 79.3 Å². The van der Waals surface area contributed by atoms with Crippen molar-refractivity contribution in [3.8, 4) is 0 Å². The van der Waals surface area contributed by atoms with Crippen LogP contribution in [0.5, 0.6) is 0 Å². The second kappa shape index (κ2) is 8.49. The molecule has 2 N–H and O–H groups in total. The molecule has 0 aliphatic heterocycles. The van der Waals surface area contributed by atoms with E-state index in [0.717, 1.165) is 16.2 Å². The molecular formula is C18H22N2O3S2. The highest BCUT2D eigenvalue weighted by Gasteiger charge is 2.19. The first-order chi connectivity index (χ1) is 11.8. The lowest BCUT2D eigenvalue weighted by atomic mass is 10.0. The predicted molar refractivity (Wildman–Crippen MR) is 102 cm³/mol. The van der Waals surface area contributed by atoms with Crippen molar-refractivity contribution < 1.29 is 14.7 Å². The number of nitrogens with one attached hydrogen (secondary N) is 1. The number of hydrogen-bond donors (Lipinski definition) is 2. The molecule has 0 spiro atoms. The van der Waals surface area contributed by atoms with E-state index in [0.29, 0.717) is 22.4 Å². The zero-order valence-corrected chi connectivity index (χ0v) is 16.3. The fourth-order valence-electron chi connectivity index (χ4n) is 2.24. The number of nitrogens with zero attached hydrogens (tertiary/aromatic N) is 1. The number of carbonyl (C=O) groups excluding carboxylic acids is 1. The Balaban J connectivity index is 1.89. The lowest BCUT2D eigenvalue weighted by Gasteiger charge is -2.11. The van der Waals surface area contributed by atoms with Crippen molar-refractivity contribution in [3.63, 3.8) is 0 Å². The number of aryl methyl sites for hydroxylation is 1. The minimum Gasteiger partial charge on any atom is -0.477 e. The molecule has 1 amide bonds. The highest BCUT2D eigenvalue weighted by Crippen LogP contribution is 2.24. The van der Waals surface area contributed by atoms with Crippen LogP contribution in [0.15, 0.2) is 29.2 Å². The summed E-state index contributed by atoms with van der Waals surface area (Å²) < 4.78 is 0. The van der Waals surface area contributed by atoms with E-state index in [1.807, 2.05) is 19.1 Å². The van der Waals surface area contributed by atoms with Gasteiger partial charge >= 0.3 is 5.97 Å². The lowest BCUT2D eigenvalue weighted by molar-refractivity contribution is -0.119. The average molecular weight is 379 g/mol. The van der Waals surface area contributed by atoms with Gasteiger partial charge in [-0.2, -0.15) is 0 Å². The number of thioether (sulfide) groups is 1. The average Bonchev–Trinajstić information content (AvgIpc) is 2.95. The fourth-order valence-corrected chi connectivity index (χ4v) is 3.86. The quantitative estimate of drug-likeness (QED) is 0.705. The van der Waals surface area contributed by atoms with Gasteiger partial charge in [0.1, 0.15) is 9.88 Å². The molecule has 1 aromatic carbocycles. The van der Waals surface area contributed by atoms with Gasteiger partial charge in [-0.05, 0) is 37.5 Å². The summed E-state index contributed by atoms with van der Waals surface area (Å²) in [4.78, 5) is 28.7. The van der Waals surface area contributed by atoms with Crippen LogP contribution in [-0.4, -0.2) is 27.7 Å². The minimum atomic E-state index is -0.986. The molecule has 5 nitrogen and oxygen atoms in total. The third-order valence-corrected chi connectivity index (χ3v) is 6.01. The second-order valence-corrected chi connectivity index (χ2v) is 8.15. The van der Waals surface area contributed by atoms with Crippen molar-refractivity contribution in [2.45, 2.75) is 44.6 Å². The van der Waals surface area contributed by atoms with Crippen LogP contribution in [0.2, 0.25) is 0 Å². The molecule has 1 unspecified atom stereocenters. The van der Waals surface area contributed by atoms with Crippen LogP contribution in [0, 0.1) is 6.92 Å². The van der Waals surface area contributed by atoms with Crippen molar-refractivity contribution in [2.75, 3.05) is 5.75 Å². The van der Waals surface area contributed by atoms with E-state index in [9.17, 15) is 9.59 Å². The van der Waals surface area contributed by atoms with E-state index in [4.69, 9.17) is 5.11 Å². The molecular weight excluding hydrogens is 356 g/mol. The fraction of sp³-hybridized carbons (Fsp3) is 0.389. The van der Waals surface area contributed by atoms with Crippen molar-refractivity contribution in [1.29, 1.82) is 0 Å². The van der Waals surface area contributed by atoms with E-state index < -0.39 is 5.97 Å². The van der Waals surface area contributed by atoms with Gasteiger partial charge < -0.3 is 10.4 Å². The Morgan fingerprint density at radius 2 is 1.88 bits per heavy atom. The smallest absolute Gasteiger partial charge is 0.347 e. The number of hydrogen-bond acceptors (Lipinski definition) is 5. The van der Waals surface area contributed by atoms with E-state index in [-0.39, 0.29) is 16.8 Å². The monoisotopic (exact) mass is 378 g/mol. The maximum Gasteiger partial charge on any atom is 0.347 e. The van der Waals surface area contributed by atoms with Crippen molar-refractivity contribution in [3.05, 3.63) is 45.4 Å². The Hall–Kier alpha value is -1.86. The number of amides is 1. The van der Waals surface area contributed by atoms with Crippen LogP contribution in [0.1, 0.15) is 58.7 Å². The van der Waals surface area contributed by atoms with E-state index >= 15 is 0 Å². The number of aromatic carboxylic acids is 1. The normalized spacial score (nSPS) is 12.2. The Morgan fingerprint density at radius 3 is 2.40 bits per heavy atom. The summed E-state index contributed by atoms with van der Waals surface area (Å²) >= 11 is 2.58. The third-order valence-electron chi connectivity index (χ3n) is 3.67. The van der Waals surface area contributed by atoms with Crippen LogP contribution in [0.4, 0.5) is 0 Å². The molecule has 0 aliphatic rings. The van der Waals surface area contributed by atoms with Gasteiger partial charge in [0.15, 0.2) is 0 Å². The Morgan fingerprint density at radius 1 is 1.24 bits per heavy atom. The molecule has 0 radical (unpaired) electrons. The molecule has 0 saturated heterocycles. The molecule has 0 fully saturated rings. The number of carboxylic acid groups (broad SMARTS) is 1. The summed E-state index contributed by atoms with van der Waals surface area (Å²) in [6.45, 7) is 7.76. The summed E-state index contributed by atoms with van der Waals surface area (Å²) in [5.74, 6) is -0.294. The predicted octanol–water partition coefficient (Wildman–Crippen LogP) is 4.24. The Bertz CT molecular complexity index is 754. The Labute approximate surface area is 155 Å². The molecule has 134 valence electrons. The molecule has 0 saturated carbocycles. The van der Waals surface area contributed by atoms with Crippen LogP contribution in [-0.2, 0) is 4.79 Å². The maximum absolute atomic E-state index is 12.1. The van der Waals surface area contributed by atoms with E-state index in [1.54, 1.807) is 6.92 Å². The van der Waals surface area contributed by atoms with Crippen molar-refractivity contribution in [1.82, 2.24) is 10.3 Å². The highest BCUT2D eigenvalue weighted by molar-refractivity contribution is 8.00. The second-order valence-electron chi connectivity index (χ2n) is 6.07. The highest BCUT2D eigenvalue weighted by atomic mass is 32.2. The molecule has 1 atom stereocenters. The molecule has 0 bridgehead atoms. The summed E-state index contributed by atoms with van der Waals surface area (Å²) in [6, 6.07) is 7.91. The van der Waals surface area contributed by atoms with Crippen LogP contribution < -0.4 is 5.32 Å². The summed E-state index contributed by atoms with van der Waals surface area (Å²) in [6.07, 6.45) is 0. The number of carboxylic acids is 1. The molecule has 2 rings (SSSR count). The molecule has 7 heteroatoms. The first-order valence-corrected chi connectivity index (χ1v) is 9.81. The SMILES string of the molecule is Cc1nc(C(C)NC(=O)CSc2ccc(C(C)C)cc2)sc1C(=O)O. The Kier molecular flexibility index (Phi) is 6.61. The van der Waals surface area contributed by atoms with Crippen LogP contribution >= 0.6 is 23.1 Å². The van der Waals surface area contributed by atoms with Gasteiger partial charge in [-0.25, -0.2) is 9.78 Å². The molecule has 2 aromatic rings. The standard InChI is InChI=1S/C18H22N2O3S2/c1-10(2)13-5-7-14(8-6-13)24-9-15(21)19-12(4)17-20-11(3)16(25-17)18(22)23/h5-8,10,12H,9H2,1-4H3,(H,19,21)(H,22,23). The van der Waals surface area contributed by atoms with Gasteiger partial charge in [0.2, 0.25) is 5.91 Å². The van der Waals surface area contributed by atoms with Gasteiger partial charge in [-0.1, -0.05) is 26.0 Å². The number of benzene rings is 1. The van der Waals surface area contributed by atoms with Gasteiger partial charge in [0, 0.05) is 4.90 Å². The molecule has 1 heterocycles. The number of carbonyl (C=O) groups is 2. The zero-order valence-electron chi connectivity index (χ0n) is 14.7. The summed E-state index contributed by atoms with van der Waals surface area (Å²) in [5.41, 5.74) is 1.75. The zero-order chi connectivity index (χ0) is 18.6. The lowest BCUT2D eigenvalue weighted by Crippen LogP contribution is -2.28. The van der Waals surface area contributed by atoms with Gasteiger partial charge in [0.25, 0.3) is 0 Å². The van der Waals surface area contributed by atoms with Gasteiger partial charge in [-0.15, -0.1) is 23.1 Å². The van der Waals surface area contributed by atoms with E-state index in [2.05, 4.69) is 36.3 Å². The maximum atomic E-state index is 12.1. The van der Waals surface area contributed by atoms with Gasteiger partial charge in [-0.3, -0.25) is 4.79 Å². The van der Waals surface area contributed by atoms with Crippen molar-refractivity contribution in [2.24, 2.45) is 0 Å². The van der Waals surface area contributed by atoms with Crippen LogP contribution in [0.25, 0.3) is 0 Å². The number of thiazole rings is 1. The van der Waals surface area contributed by atoms with E-state index in [1.165, 1.54) is 17.3 Å². The van der Waals surface area contributed by atoms with Crippen LogP contribution in [0.3, 0.4) is 0 Å². The summed E-state index contributed by atoms with van der Waals surface area (Å²) in [7, 11) is 0. The first-order valence-electron chi connectivity index (χ1n) is 8.00. The molecule has 0 aliphatic carbocycles. The molecule has 1 aromatic heterocycles. The largest absolute Gasteiger partial charge is 0.477 e. The first kappa shape index (κ1) is 19.5. The van der Waals surface area contributed by atoms with Crippen molar-refractivity contribution >= 4 is 35.0 Å². The summed E-state index contributed by atoms with van der Waals surface area (Å²) in [5, 5.41) is 12.6. The van der Waals surface area contributed by atoms with Gasteiger partial charge in [0.05, 0.1) is 17.5 Å².